The van der Waals surface area contributed by atoms with Crippen LogP contribution in [0.5, 0.6) is 5.75 Å². The molecule has 0 radical (unpaired) electrons. The van der Waals surface area contributed by atoms with E-state index in [-0.39, 0.29) is 11.9 Å². The fourth-order valence-electron chi connectivity index (χ4n) is 4.23. The van der Waals surface area contributed by atoms with Crippen molar-refractivity contribution in [2.75, 3.05) is 25.5 Å². The number of para-hydroxylation sites is 2. The number of anilines is 2. The van der Waals surface area contributed by atoms with E-state index in [0.717, 1.165) is 54.4 Å². The van der Waals surface area contributed by atoms with E-state index in [1.54, 1.807) is 25.4 Å². The van der Waals surface area contributed by atoms with Gasteiger partial charge in [-0.25, -0.2) is 19.3 Å². The van der Waals surface area contributed by atoms with Crippen LogP contribution in [0.25, 0.3) is 22.8 Å². The normalized spacial score (nSPS) is 14.2. The Morgan fingerprint density at radius 1 is 1.03 bits per heavy atom. The molecule has 4 aromatic rings. The van der Waals surface area contributed by atoms with Crippen LogP contribution >= 0.6 is 0 Å². The zero-order chi connectivity index (χ0) is 22.6. The fourth-order valence-corrected chi connectivity index (χ4v) is 4.23. The summed E-state index contributed by atoms with van der Waals surface area (Å²) in [5, 5.41) is 6.67. The van der Waals surface area contributed by atoms with Crippen LogP contribution < -0.4 is 15.4 Å². The molecule has 33 heavy (non-hydrogen) atoms. The van der Waals surface area contributed by atoms with Gasteiger partial charge >= 0.3 is 0 Å². The summed E-state index contributed by atoms with van der Waals surface area (Å²) in [6, 6.07) is 16.3. The minimum absolute atomic E-state index is 0.262. The van der Waals surface area contributed by atoms with Crippen LogP contribution in [-0.4, -0.2) is 39.7 Å². The highest BCUT2D eigenvalue weighted by Gasteiger charge is 2.23. The molecule has 8 heteroatoms. The topological polar surface area (TPSA) is 76.9 Å². The van der Waals surface area contributed by atoms with Crippen LogP contribution in [0.2, 0.25) is 0 Å². The number of nitrogens with zero attached hydrogens (tertiary/aromatic N) is 4. The highest BCUT2D eigenvalue weighted by Crippen LogP contribution is 2.33. The Kier molecular flexibility index (Phi) is 5.99. The van der Waals surface area contributed by atoms with E-state index in [1.807, 2.05) is 36.5 Å². The molecule has 2 N–H and O–H groups in total. The smallest absolute Gasteiger partial charge is 0.227 e. The predicted molar refractivity (Wildman–Crippen MR) is 126 cm³/mol. The zero-order valence-corrected chi connectivity index (χ0v) is 18.3. The van der Waals surface area contributed by atoms with E-state index in [4.69, 9.17) is 14.7 Å². The lowest BCUT2D eigenvalue weighted by atomic mass is 10.0. The van der Waals surface area contributed by atoms with Crippen molar-refractivity contribution >= 4 is 11.6 Å². The molecule has 1 aliphatic rings. The van der Waals surface area contributed by atoms with Crippen molar-refractivity contribution in [3.05, 3.63) is 72.8 Å². The Labute approximate surface area is 191 Å². The van der Waals surface area contributed by atoms with E-state index < -0.39 is 0 Å². The van der Waals surface area contributed by atoms with Gasteiger partial charge in [0.2, 0.25) is 5.95 Å². The molecule has 0 bridgehead atoms. The number of aromatic nitrogens is 4. The second-order valence-corrected chi connectivity index (χ2v) is 7.92. The van der Waals surface area contributed by atoms with Crippen LogP contribution in [0.15, 0.2) is 67.0 Å². The van der Waals surface area contributed by atoms with Gasteiger partial charge in [0.1, 0.15) is 17.4 Å². The molecule has 2 aromatic heterocycles. The second-order valence-electron chi connectivity index (χ2n) is 7.92. The van der Waals surface area contributed by atoms with Gasteiger partial charge in [0.15, 0.2) is 0 Å². The van der Waals surface area contributed by atoms with Crippen molar-refractivity contribution < 1.29 is 9.13 Å². The summed E-state index contributed by atoms with van der Waals surface area (Å²) in [5.41, 5.74) is 3.34. The largest absolute Gasteiger partial charge is 0.495 e. The van der Waals surface area contributed by atoms with Crippen molar-refractivity contribution in [3.63, 3.8) is 0 Å². The van der Waals surface area contributed by atoms with Gasteiger partial charge in [-0.15, -0.1) is 0 Å². The number of hydrogen-bond donors (Lipinski definition) is 2. The molecule has 5 rings (SSSR count). The number of halogens is 1. The van der Waals surface area contributed by atoms with Gasteiger partial charge in [0.25, 0.3) is 0 Å². The monoisotopic (exact) mass is 444 g/mol. The Morgan fingerprint density at radius 2 is 1.82 bits per heavy atom. The van der Waals surface area contributed by atoms with Crippen molar-refractivity contribution in [3.8, 4) is 28.5 Å². The first-order valence-corrected chi connectivity index (χ1v) is 11.0. The van der Waals surface area contributed by atoms with E-state index in [2.05, 4.69) is 20.2 Å². The maximum absolute atomic E-state index is 13.5. The summed E-state index contributed by atoms with van der Waals surface area (Å²) in [6.07, 6.45) is 5.54. The number of rotatable bonds is 6. The van der Waals surface area contributed by atoms with Crippen molar-refractivity contribution in [1.29, 1.82) is 0 Å². The van der Waals surface area contributed by atoms with Gasteiger partial charge in [-0.2, -0.15) is 0 Å². The lowest BCUT2D eigenvalue weighted by Crippen LogP contribution is -2.30. The number of imidazole rings is 1. The Hall–Kier alpha value is -3.78. The first-order chi connectivity index (χ1) is 16.2. The van der Waals surface area contributed by atoms with Crippen LogP contribution in [0.4, 0.5) is 16.0 Å². The standard InChI is InChI=1S/C25H25FN6O/c1-33-23-5-3-2-4-21(23)31-25-28-15-12-20(30-25)22-16-29-24(17-6-8-18(26)9-7-17)32(22)19-10-13-27-14-11-19/h2-9,12,15-16,19,27H,10-11,13-14H2,1H3,(H,28,30,31). The van der Waals surface area contributed by atoms with E-state index in [9.17, 15) is 4.39 Å². The maximum Gasteiger partial charge on any atom is 0.227 e. The third-order valence-corrected chi connectivity index (χ3v) is 5.84. The molecule has 7 nitrogen and oxygen atoms in total. The van der Waals surface area contributed by atoms with Gasteiger partial charge < -0.3 is 19.9 Å². The number of benzene rings is 2. The average molecular weight is 445 g/mol. The quantitative estimate of drug-likeness (QED) is 0.444. The molecular formula is C25H25FN6O. The van der Waals surface area contributed by atoms with Crippen LogP contribution in [-0.2, 0) is 0 Å². The molecule has 0 spiro atoms. The minimum atomic E-state index is -0.262. The summed E-state index contributed by atoms with van der Waals surface area (Å²) in [6.45, 7) is 1.88. The highest BCUT2D eigenvalue weighted by atomic mass is 19.1. The number of piperidine rings is 1. The maximum atomic E-state index is 13.5. The van der Waals surface area contributed by atoms with Gasteiger partial charge in [-0.3, -0.25) is 0 Å². The van der Waals surface area contributed by atoms with Crippen molar-refractivity contribution in [2.45, 2.75) is 18.9 Å². The molecule has 1 aliphatic heterocycles. The second kappa shape index (κ2) is 9.38. The first kappa shape index (κ1) is 21.1. The fraction of sp³-hybridized carbons (Fsp3) is 0.240. The van der Waals surface area contributed by atoms with E-state index in [0.29, 0.717) is 11.7 Å². The predicted octanol–water partition coefficient (Wildman–Crippen LogP) is 4.82. The average Bonchev–Trinajstić information content (AvgIpc) is 3.31. The number of hydrogen-bond acceptors (Lipinski definition) is 6. The lowest BCUT2D eigenvalue weighted by molar-refractivity contribution is 0.373. The SMILES string of the molecule is COc1ccccc1Nc1nccc(-c2cnc(-c3ccc(F)cc3)n2C2CCNCC2)n1. The third kappa shape index (κ3) is 4.42. The Bertz CT molecular complexity index is 1230. The van der Waals surface area contributed by atoms with E-state index >= 15 is 0 Å². The summed E-state index contributed by atoms with van der Waals surface area (Å²) < 4.78 is 21.2. The molecule has 0 saturated carbocycles. The molecule has 3 heterocycles. The molecule has 0 atom stereocenters. The molecule has 0 unspecified atom stereocenters. The molecule has 0 amide bonds. The molecule has 2 aromatic carbocycles. The molecule has 1 fully saturated rings. The van der Waals surface area contributed by atoms with Crippen molar-refractivity contribution in [1.82, 2.24) is 24.8 Å². The molecule has 1 saturated heterocycles. The number of methoxy groups -OCH3 is 1. The summed E-state index contributed by atoms with van der Waals surface area (Å²) in [7, 11) is 1.63. The van der Waals surface area contributed by atoms with Crippen LogP contribution in [0, 0.1) is 5.82 Å². The third-order valence-electron chi connectivity index (χ3n) is 5.84. The first-order valence-electron chi connectivity index (χ1n) is 11.0. The van der Waals surface area contributed by atoms with Gasteiger partial charge in [0.05, 0.1) is 30.4 Å². The summed E-state index contributed by atoms with van der Waals surface area (Å²) in [5.74, 6) is 1.74. The zero-order valence-electron chi connectivity index (χ0n) is 18.3. The highest BCUT2D eigenvalue weighted by molar-refractivity contribution is 5.67. The van der Waals surface area contributed by atoms with Crippen LogP contribution in [0.3, 0.4) is 0 Å². The number of ether oxygens (including phenoxy) is 1. The van der Waals surface area contributed by atoms with Gasteiger partial charge in [-0.05, 0) is 68.4 Å². The minimum Gasteiger partial charge on any atom is -0.495 e. The Morgan fingerprint density at radius 3 is 2.61 bits per heavy atom. The van der Waals surface area contributed by atoms with Crippen LogP contribution in [0.1, 0.15) is 18.9 Å². The number of nitrogens with one attached hydrogen (secondary N) is 2. The lowest BCUT2D eigenvalue weighted by Gasteiger charge is -2.27. The van der Waals surface area contributed by atoms with Crippen molar-refractivity contribution in [2.24, 2.45) is 0 Å². The molecular weight excluding hydrogens is 419 g/mol. The summed E-state index contributed by atoms with van der Waals surface area (Å²) in [4.78, 5) is 13.9. The van der Waals surface area contributed by atoms with E-state index in [1.165, 1.54) is 12.1 Å². The van der Waals surface area contributed by atoms with Gasteiger partial charge in [-0.1, -0.05) is 12.1 Å². The molecule has 0 aliphatic carbocycles. The summed E-state index contributed by atoms with van der Waals surface area (Å²) >= 11 is 0. The Balaban J connectivity index is 1.55. The van der Waals surface area contributed by atoms with Gasteiger partial charge in [0, 0.05) is 17.8 Å². The molecule has 168 valence electrons.